The van der Waals surface area contributed by atoms with E-state index in [1.54, 1.807) is 26.4 Å². The molecule has 32 heavy (non-hydrogen) atoms. The number of hydrogen-bond acceptors (Lipinski definition) is 6. The van der Waals surface area contributed by atoms with E-state index >= 15 is 0 Å². The number of amides is 1. The summed E-state index contributed by atoms with van der Waals surface area (Å²) in [5.41, 5.74) is 1.92. The Morgan fingerprint density at radius 3 is 2.38 bits per heavy atom. The van der Waals surface area contributed by atoms with Crippen LogP contribution in [-0.4, -0.2) is 48.1 Å². The van der Waals surface area contributed by atoms with Crippen molar-refractivity contribution in [2.24, 2.45) is 0 Å². The number of nitro groups is 1. The molecule has 2 unspecified atom stereocenters. The highest BCUT2D eigenvalue weighted by atomic mass is 16.6. The van der Waals surface area contributed by atoms with E-state index in [4.69, 9.17) is 9.47 Å². The molecule has 2 aromatic rings. The monoisotopic (exact) mass is 439 g/mol. The van der Waals surface area contributed by atoms with Gasteiger partial charge in [0.1, 0.15) is 11.5 Å². The van der Waals surface area contributed by atoms with Gasteiger partial charge in [-0.15, -0.1) is 0 Å². The molecule has 0 aromatic heterocycles. The number of benzene rings is 2. The molecule has 0 spiro atoms. The molecule has 1 amide bonds. The number of carbonyl (C=O) groups excluding carboxylic acids is 1. The number of piperidine rings is 1. The SMILES string of the molecule is COc1ccc(OC)c(CN2C3CCC2CC(NC(=O)Cc2ccc([N+](=O)[O-])cc2)C3)c1. The maximum atomic E-state index is 12.6. The molecule has 8 nitrogen and oxygen atoms in total. The second-order valence-electron chi connectivity index (χ2n) is 8.57. The molecule has 0 aliphatic carbocycles. The number of nitrogens with zero attached hydrogens (tertiary/aromatic N) is 2. The zero-order chi connectivity index (χ0) is 22.7. The summed E-state index contributed by atoms with van der Waals surface area (Å²) in [7, 11) is 3.35. The van der Waals surface area contributed by atoms with Gasteiger partial charge in [-0.1, -0.05) is 12.1 Å². The number of hydrogen-bond donors (Lipinski definition) is 1. The smallest absolute Gasteiger partial charge is 0.269 e. The number of carbonyl (C=O) groups is 1. The summed E-state index contributed by atoms with van der Waals surface area (Å²) in [5, 5.41) is 14.0. The van der Waals surface area contributed by atoms with Gasteiger partial charge >= 0.3 is 0 Å². The van der Waals surface area contributed by atoms with Crippen molar-refractivity contribution in [2.75, 3.05) is 14.2 Å². The van der Waals surface area contributed by atoms with Crippen LogP contribution in [0.2, 0.25) is 0 Å². The molecule has 2 aliphatic rings. The van der Waals surface area contributed by atoms with Crippen molar-refractivity contribution >= 4 is 11.6 Å². The molecule has 2 bridgehead atoms. The molecular formula is C24H29N3O5. The Morgan fingerprint density at radius 1 is 1.09 bits per heavy atom. The average Bonchev–Trinajstić information content (AvgIpc) is 3.01. The Balaban J connectivity index is 1.35. The molecule has 2 heterocycles. The Labute approximate surface area is 187 Å². The fourth-order valence-corrected chi connectivity index (χ4v) is 5.05. The molecular weight excluding hydrogens is 410 g/mol. The number of methoxy groups -OCH3 is 2. The van der Waals surface area contributed by atoms with Crippen molar-refractivity contribution in [1.29, 1.82) is 0 Å². The second-order valence-corrected chi connectivity index (χ2v) is 8.57. The van der Waals surface area contributed by atoms with Gasteiger partial charge in [-0.3, -0.25) is 19.8 Å². The van der Waals surface area contributed by atoms with Crippen molar-refractivity contribution in [3.8, 4) is 11.5 Å². The van der Waals surface area contributed by atoms with Crippen LogP contribution in [-0.2, 0) is 17.8 Å². The van der Waals surface area contributed by atoms with Crippen LogP contribution in [0.4, 0.5) is 5.69 Å². The zero-order valence-corrected chi connectivity index (χ0v) is 18.5. The number of non-ortho nitro benzene ring substituents is 1. The van der Waals surface area contributed by atoms with Gasteiger partial charge in [-0.2, -0.15) is 0 Å². The van der Waals surface area contributed by atoms with Gasteiger partial charge in [-0.25, -0.2) is 0 Å². The molecule has 170 valence electrons. The highest BCUT2D eigenvalue weighted by Gasteiger charge is 2.41. The van der Waals surface area contributed by atoms with Crippen molar-refractivity contribution in [1.82, 2.24) is 10.2 Å². The van der Waals surface area contributed by atoms with E-state index in [1.807, 2.05) is 18.2 Å². The van der Waals surface area contributed by atoms with E-state index < -0.39 is 4.92 Å². The highest BCUT2D eigenvalue weighted by Crippen LogP contribution is 2.38. The first-order valence-electron chi connectivity index (χ1n) is 11.0. The lowest BCUT2D eigenvalue weighted by Crippen LogP contribution is -2.50. The third-order valence-electron chi connectivity index (χ3n) is 6.60. The van der Waals surface area contributed by atoms with Crippen LogP contribution in [0.3, 0.4) is 0 Å². The summed E-state index contributed by atoms with van der Waals surface area (Å²) in [6.45, 7) is 0.805. The lowest BCUT2D eigenvalue weighted by atomic mass is 9.96. The van der Waals surface area contributed by atoms with Crippen molar-refractivity contribution in [2.45, 2.75) is 56.8 Å². The van der Waals surface area contributed by atoms with Gasteiger partial charge in [0, 0.05) is 42.4 Å². The Hall–Kier alpha value is -3.13. The minimum atomic E-state index is -0.436. The number of ether oxygens (including phenoxy) is 2. The van der Waals surface area contributed by atoms with Crippen molar-refractivity contribution in [3.63, 3.8) is 0 Å². The average molecular weight is 440 g/mol. The van der Waals surface area contributed by atoms with E-state index in [-0.39, 0.29) is 24.1 Å². The van der Waals surface area contributed by atoms with Crippen molar-refractivity contribution < 1.29 is 19.2 Å². The third-order valence-corrected chi connectivity index (χ3v) is 6.60. The Kier molecular flexibility index (Phi) is 6.60. The van der Waals surface area contributed by atoms with E-state index in [0.29, 0.717) is 12.1 Å². The summed E-state index contributed by atoms with van der Waals surface area (Å²) >= 11 is 0. The molecule has 2 fully saturated rings. The lowest BCUT2D eigenvalue weighted by molar-refractivity contribution is -0.384. The summed E-state index contributed by atoms with van der Waals surface area (Å²) in [6, 6.07) is 13.1. The fourth-order valence-electron chi connectivity index (χ4n) is 5.05. The second kappa shape index (κ2) is 9.56. The quantitative estimate of drug-likeness (QED) is 0.500. The number of rotatable bonds is 8. The zero-order valence-electron chi connectivity index (χ0n) is 18.5. The molecule has 8 heteroatoms. The highest BCUT2D eigenvalue weighted by molar-refractivity contribution is 5.79. The predicted molar refractivity (Wildman–Crippen MR) is 120 cm³/mol. The maximum Gasteiger partial charge on any atom is 0.269 e. The molecule has 0 saturated carbocycles. The molecule has 2 saturated heterocycles. The van der Waals surface area contributed by atoms with Gasteiger partial charge in [0.2, 0.25) is 5.91 Å². The lowest BCUT2D eigenvalue weighted by Gasteiger charge is -2.39. The number of nitrogens with one attached hydrogen (secondary N) is 1. The van der Waals surface area contributed by atoms with E-state index in [2.05, 4.69) is 10.2 Å². The van der Waals surface area contributed by atoms with Gasteiger partial charge in [0.25, 0.3) is 5.69 Å². The van der Waals surface area contributed by atoms with Crippen LogP contribution in [0, 0.1) is 10.1 Å². The molecule has 0 radical (unpaired) electrons. The summed E-state index contributed by atoms with van der Waals surface area (Å²) in [6.07, 6.45) is 4.34. The summed E-state index contributed by atoms with van der Waals surface area (Å²) in [5.74, 6) is 1.65. The predicted octanol–water partition coefficient (Wildman–Crippen LogP) is 3.47. The van der Waals surface area contributed by atoms with Crippen LogP contribution in [0.5, 0.6) is 11.5 Å². The maximum absolute atomic E-state index is 12.6. The van der Waals surface area contributed by atoms with Crippen LogP contribution >= 0.6 is 0 Å². The Bertz CT molecular complexity index is 964. The van der Waals surface area contributed by atoms with Gasteiger partial charge in [-0.05, 0) is 49.4 Å². The van der Waals surface area contributed by atoms with Crippen LogP contribution < -0.4 is 14.8 Å². The first kappa shape index (κ1) is 22.1. The molecule has 1 N–H and O–H groups in total. The fraction of sp³-hybridized carbons (Fsp3) is 0.458. The van der Waals surface area contributed by atoms with E-state index in [9.17, 15) is 14.9 Å². The number of nitro benzene ring substituents is 1. The minimum Gasteiger partial charge on any atom is -0.497 e. The molecule has 2 aromatic carbocycles. The molecule has 2 atom stereocenters. The molecule has 4 rings (SSSR count). The minimum absolute atomic E-state index is 0.0331. The van der Waals surface area contributed by atoms with Gasteiger partial charge in [0.15, 0.2) is 0 Å². The topological polar surface area (TPSA) is 93.9 Å². The summed E-state index contributed by atoms with van der Waals surface area (Å²) in [4.78, 5) is 25.5. The van der Waals surface area contributed by atoms with E-state index in [1.165, 1.54) is 12.1 Å². The van der Waals surface area contributed by atoms with Crippen LogP contribution in [0.1, 0.15) is 36.8 Å². The number of fused-ring (bicyclic) bond motifs is 2. The summed E-state index contributed by atoms with van der Waals surface area (Å²) < 4.78 is 10.9. The van der Waals surface area contributed by atoms with Gasteiger partial charge in [0.05, 0.1) is 25.6 Å². The third kappa shape index (κ3) is 4.85. The first-order valence-corrected chi connectivity index (χ1v) is 11.0. The largest absolute Gasteiger partial charge is 0.497 e. The molecule has 2 aliphatic heterocycles. The van der Waals surface area contributed by atoms with Crippen LogP contribution in [0.15, 0.2) is 42.5 Å². The van der Waals surface area contributed by atoms with Crippen LogP contribution in [0.25, 0.3) is 0 Å². The normalized spacial score (nSPS) is 22.4. The van der Waals surface area contributed by atoms with Gasteiger partial charge < -0.3 is 14.8 Å². The Morgan fingerprint density at radius 2 is 1.78 bits per heavy atom. The van der Waals surface area contributed by atoms with Crippen molar-refractivity contribution in [3.05, 3.63) is 63.7 Å². The standard InChI is InChI=1S/C24H29N3O5/c1-31-22-9-10-23(32-2)17(12-22)15-26-20-7-8-21(26)14-18(13-20)25-24(28)11-16-3-5-19(6-4-16)27(29)30/h3-6,9-10,12,18,20-21H,7-8,11,13-15H2,1-2H3,(H,25,28). The van der Waals surface area contributed by atoms with E-state index in [0.717, 1.165) is 54.9 Å². The first-order chi connectivity index (χ1) is 15.5.